The Morgan fingerprint density at radius 2 is 2.30 bits per heavy atom. The summed E-state index contributed by atoms with van der Waals surface area (Å²) >= 11 is 0. The first-order valence-corrected chi connectivity index (χ1v) is 6.94. The van der Waals surface area contributed by atoms with E-state index in [1.807, 2.05) is 25.1 Å². The number of carbonyl (C=O) groups is 1. The monoisotopic (exact) mass is 296 g/mol. The SMILES string of the molecule is CC1(NC(=O)c2cccc3c2CCCN3)CCOC1.Cl. The minimum atomic E-state index is -0.220. The number of benzene rings is 1. The van der Waals surface area contributed by atoms with E-state index in [0.29, 0.717) is 6.61 Å². The highest BCUT2D eigenvalue weighted by molar-refractivity contribution is 5.97. The number of hydrogen-bond acceptors (Lipinski definition) is 3. The van der Waals surface area contributed by atoms with Crippen molar-refractivity contribution < 1.29 is 9.53 Å². The zero-order chi connectivity index (χ0) is 13.3. The largest absolute Gasteiger partial charge is 0.385 e. The molecule has 1 aromatic carbocycles. The van der Waals surface area contributed by atoms with Crippen LogP contribution in [0.15, 0.2) is 18.2 Å². The highest BCUT2D eigenvalue weighted by Gasteiger charge is 2.32. The van der Waals surface area contributed by atoms with Crippen molar-refractivity contribution in [3.8, 4) is 0 Å². The lowest BCUT2D eigenvalue weighted by Gasteiger charge is -2.26. The smallest absolute Gasteiger partial charge is 0.252 e. The fourth-order valence-corrected chi connectivity index (χ4v) is 2.83. The molecule has 2 aliphatic rings. The maximum Gasteiger partial charge on any atom is 0.252 e. The number of ether oxygens (including phenoxy) is 1. The predicted molar refractivity (Wildman–Crippen MR) is 81.8 cm³/mol. The first kappa shape index (κ1) is 15.1. The molecule has 1 amide bonds. The van der Waals surface area contributed by atoms with Gasteiger partial charge in [0.1, 0.15) is 0 Å². The Hall–Kier alpha value is -1.26. The number of rotatable bonds is 2. The van der Waals surface area contributed by atoms with E-state index < -0.39 is 0 Å². The van der Waals surface area contributed by atoms with Crippen LogP contribution < -0.4 is 10.6 Å². The third kappa shape index (κ3) is 2.91. The van der Waals surface area contributed by atoms with Crippen molar-refractivity contribution in [3.63, 3.8) is 0 Å². The van der Waals surface area contributed by atoms with Gasteiger partial charge < -0.3 is 15.4 Å². The summed E-state index contributed by atoms with van der Waals surface area (Å²) in [6.45, 7) is 4.37. The van der Waals surface area contributed by atoms with E-state index in [2.05, 4.69) is 10.6 Å². The highest BCUT2D eigenvalue weighted by atomic mass is 35.5. The number of halogens is 1. The minimum Gasteiger partial charge on any atom is -0.385 e. The lowest BCUT2D eigenvalue weighted by atomic mass is 9.95. The Kier molecular flexibility index (Phi) is 4.55. The molecule has 110 valence electrons. The summed E-state index contributed by atoms with van der Waals surface area (Å²) in [6, 6.07) is 5.91. The molecule has 2 aliphatic heterocycles. The molecule has 0 aromatic heterocycles. The molecule has 0 saturated carbocycles. The maximum absolute atomic E-state index is 12.5. The Morgan fingerprint density at radius 3 is 3.05 bits per heavy atom. The van der Waals surface area contributed by atoms with Crippen molar-refractivity contribution in [3.05, 3.63) is 29.3 Å². The molecule has 0 radical (unpaired) electrons. The van der Waals surface area contributed by atoms with Crippen molar-refractivity contribution in [1.29, 1.82) is 0 Å². The molecule has 1 fully saturated rings. The summed E-state index contributed by atoms with van der Waals surface area (Å²) in [7, 11) is 0. The molecule has 0 bridgehead atoms. The molecular formula is C15H21ClN2O2. The fraction of sp³-hybridized carbons (Fsp3) is 0.533. The topological polar surface area (TPSA) is 50.4 Å². The summed E-state index contributed by atoms with van der Waals surface area (Å²) in [6.07, 6.45) is 2.93. The quantitative estimate of drug-likeness (QED) is 0.881. The van der Waals surface area contributed by atoms with Gasteiger partial charge in [-0.1, -0.05) is 6.07 Å². The van der Waals surface area contributed by atoms with Crippen LogP contribution >= 0.6 is 12.4 Å². The molecule has 4 nitrogen and oxygen atoms in total. The second-order valence-corrected chi connectivity index (χ2v) is 5.68. The van der Waals surface area contributed by atoms with E-state index in [4.69, 9.17) is 4.74 Å². The zero-order valence-corrected chi connectivity index (χ0v) is 12.5. The number of hydrogen-bond donors (Lipinski definition) is 2. The molecule has 1 unspecified atom stereocenters. The Bertz CT molecular complexity index is 499. The standard InChI is InChI=1S/C15H20N2O2.ClH/c1-15(7-9-19-10-15)17-14(18)12-4-2-6-13-11(12)5-3-8-16-13;/h2,4,6,16H,3,5,7-10H2,1H3,(H,17,18);1H. The van der Waals surface area contributed by atoms with Gasteiger partial charge in [0, 0.05) is 24.4 Å². The summed E-state index contributed by atoms with van der Waals surface area (Å²) in [5, 5.41) is 6.49. The van der Waals surface area contributed by atoms with Crippen LogP contribution in [0.5, 0.6) is 0 Å². The molecule has 1 saturated heterocycles. The van der Waals surface area contributed by atoms with Gasteiger partial charge in [-0.2, -0.15) is 0 Å². The van der Waals surface area contributed by atoms with E-state index in [1.165, 1.54) is 0 Å². The van der Waals surface area contributed by atoms with Crippen LogP contribution in [-0.4, -0.2) is 31.2 Å². The molecule has 3 rings (SSSR count). The normalized spacial score (nSPS) is 24.2. The van der Waals surface area contributed by atoms with Crippen LogP contribution in [0.4, 0.5) is 5.69 Å². The molecule has 1 aromatic rings. The first-order chi connectivity index (χ1) is 9.18. The number of amides is 1. The van der Waals surface area contributed by atoms with Crippen LogP contribution in [-0.2, 0) is 11.2 Å². The molecule has 1 atom stereocenters. The van der Waals surface area contributed by atoms with Crippen LogP contribution in [0, 0.1) is 0 Å². The van der Waals surface area contributed by atoms with E-state index in [1.54, 1.807) is 0 Å². The van der Waals surface area contributed by atoms with Gasteiger partial charge in [0.2, 0.25) is 0 Å². The van der Waals surface area contributed by atoms with E-state index in [0.717, 1.165) is 49.2 Å². The van der Waals surface area contributed by atoms with Gasteiger partial charge in [0.05, 0.1) is 12.1 Å². The molecule has 5 heteroatoms. The second-order valence-electron chi connectivity index (χ2n) is 5.68. The molecule has 20 heavy (non-hydrogen) atoms. The lowest BCUT2D eigenvalue weighted by molar-refractivity contribution is 0.0889. The number of nitrogens with one attached hydrogen (secondary N) is 2. The van der Waals surface area contributed by atoms with Gasteiger partial charge in [0.15, 0.2) is 0 Å². The van der Waals surface area contributed by atoms with Crippen LogP contribution in [0.1, 0.15) is 35.7 Å². The van der Waals surface area contributed by atoms with Crippen molar-refractivity contribution in [2.24, 2.45) is 0 Å². The van der Waals surface area contributed by atoms with Crippen molar-refractivity contribution in [2.75, 3.05) is 25.1 Å². The van der Waals surface area contributed by atoms with Crippen LogP contribution in [0.3, 0.4) is 0 Å². The van der Waals surface area contributed by atoms with Crippen LogP contribution in [0.25, 0.3) is 0 Å². The average Bonchev–Trinajstić information content (AvgIpc) is 2.84. The number of carbonyl (C=O) groups excluding carboxylic acids is 1. The summed E-state index contributed by atoms with van der Waals surface area (Å²) in [5.74, 6) is 0.0218. The second kappa shape index (κ2) is 6.02. The Morgan fingerprint density at radius 1 is 1.45 bits per heavy atom. The Balaban J connectivity index is 0.00000147. The van der Waals surface area contributed by atoms with Crippen LogP contribution in [0.2, 0.25) is 0 Å². The van der Waals surface area contributed by atoms with Gasteiger partial charge in [-0.15, -0.1) is 12.4 Å². The van der Waals surface area contributed by atoms with E-state index in [9.17, 15) is 4.79 Å². The van der Waals surface area contributed by atoms with Gasteiger partial charge in [-0.05, 0) is 43.9 Å². The zero-order valence-electron chi connectivity index (χ0n) is 11.7. The average molecular weight is 297 g/mol. The van der Waals surface area contributed by atoms with Crippen molar-refractivity contribution >= 4 is 24.0 Å². The third-order valence-corrected chi connectivity index (χ3v) is 3.97. The van der Waals surface area contributed by atoms with Gasteiger partial charge in [-0.25, -0.2) is 0 Å². The third-order valence-electron chi connectivity index (χ3n) is 3.97. The molecule has 2 heterocycles. The summed E-state index contributed by atoms with van der Waals surface area (Å²) in [5.41, 5.74) is 2.83. The molecule has 2 N–H and O–H groups in total. The molecule has 0 spiro atoms. The van der Waals surface area contributed by atoms with Gasteiger partial charge in [-0.3, -0.25) is 4.79 Å². The summed E-state index contributed by atoms with van der Waals surface area (Å²) < 4.78 is 5.38. The van der Waals surface area contributed by atoms with Gasteiger partial charge in [0.25, 0.3) is 5.91 Å². The van der Waals surface area contributed by atoms with Gasteiger partial charge >= 0.3 is 0 Å². The lowest BCUT2D eigenvalue weighted by Crippen LogP contribution is -2.46. The minimum absolute atomic E-state index is 0. The maximum atomic E-state index is 12.5. The molecular weight excluding hydrogens is 276 g/mol. The number of anilines is 1. The molecule has 0 aliphatic carbocycles. The van der Waals surface area contributed by atoms with E-state index >= 15 is 0 Å². The van der Waals surface area contributed by atoms with Crippen molar-refractivity contribution in [2.45, 2.75) is 31.7 Å². The van der Waals surface area contributed by atoms with E-state index in [-0.39, 0.29) is 23.9 Å². The fourth-order valence-electron chi connectivity index (χ4n) is 2.83. The van der Waals surface area contributed by atoms with Crippen molar-refractivity contribution in [1.82, 2.24) is 5.32 Å². The first-order valence-electron chi connectivity index (χ1n) is 6.94. The highest BCUT2D eigenvalue weighted by Crippen LogP contribution is 2.26. The predicted octanol–water partition coefficient (Wildman–Crippen LogP) is 2.38. The number of fused-ring (bicyclic) bond motifs is 1. The summed E-state index contributed by atoms with van der Waals surface area (Å²) in [4.78, 5) is 12.5. The Labute approximate surface area is 125 Å².